The lowest BCUT2D eigenvalue weighted by Crippen LogP contribution is -2.45. The third kappa shape index (κ3) is 4.72. The van der Waals surface area contributed by atoms with Gasteiger partial charge in [0.15, 0.2) is 0 Å². The van der Waals surface area contributed by atoms with E-state index in [1.807, 2.05) is 29.9 Å². The molecule has 6 heteroatoms. The van der Waals surface area contributed by atoms with Gasteiger partial charge in [-0.2, -0.15) is 5.10 Å². The van der Waals surface area contributed by atoms with Crippen LogP contribution in [0, 0.1) is 11.8 Å². The van der Waals surface area contributed by atoms with Crippen LogP contribution in [0.25, 0.3) is 0 Å². The van der Waals surface area contributed by atoms with E-state index in [-0.39, 0.29) is 12.0 Å². The first-order chi connectivity index (χ1) is 13.0. The molecule has 0 unspecified atom stereocenters. The minimum Gasteiger partial charge on any atom is -0.378 e. The fraction of sp³-hybridized carbons (Fsp3) is 0.810. The molecule has 0 spiro atoms. The Morgan fingerprint density at radius 1 is 1.37 bits per heavy atom. The Morgan fingerprint density at radius 2 is 2.19 bits per heavy atom. The minimum absolute atomic E-state index is 0.122. The quantitative estimate of drug-likeness (QED) is 0.766. The summed E-state index contributed by atoms with van der Waals surface area (Å²) in [6.07, 6.45) is 9.47. The van der Waals surface area contributed by atoms with Gasteiger partial charge in [0.05, 0.1) is 12.3 Å². The summed E-state index contributed by atoms with van der Waals surface area (Å²) in [5.41, 5.74) is 1.28. The molecule has 2 saturated heterocycles. The van der Waals surface area contributed by atoms with Gasteiger partial charge in [-0.15, -0.1) is 0 Å². The monoisotopic (exact) mass is 376 g/mol. The van der Waals surface area contributed by atoms with Gasteiger partial charge in [0.25, 0.3) is 0 Å². The highest BCUT2D eigenvalue weighted by molar-refractivity contribution is 5.78. The molecule has 1 amide bonds. The van der Waals surface area contributed by atoms with Crippen molar-refractivity contribution >= 4 is 5.91 Å². The second kappa shape index (κ2) is 9.20. The Labute approximate surface area is 163 Å². The van der Waals surface area contributed by atoms with Crippen LogP contribution in [-0.2, 0) is 16.6 Å². The lowest BCUT2D eigenvalue weighted by molar-refractivity contribution is -0.140. The predicted octanol–water partition coefficient (Wildman–Crippen LogP) is 2.86. The minimum atomic E-state index is 0.122. The summed E-state index contributed by atoms with van der Waals surface area (Å²) in [5, 5.41) is 4.40. The fourth-order valence-corrected chi connectivity index (χ4v) is 4.92. The van der Waals surface area contributed by atoms with Crippen LogP contribution in [0.3, 0.4) is 0 Å². The maximum Gasteiger partial charge on any atom is 0.225 e. The number of hydrogen-bond acceptors (Lipinski definition) is 4. The van der Waals surface area contributed by atoms with E-state index < -0.39 is 0 Å². The molecule has 4 atom stereocenters. The van der Waals surface area contributed by atoms with E-state index in [0.29, 0.717) is 24.5 Å². The van der Waals surface area contributed by atoms with Gasteiger partial charge in [0, 0.05) is 51.0 Å². The molecule has 1 aromatic heterocycles. The van der Waals surface area contributed by atoms with Crippen LogP contribution in [0.1, 0.15) is 57.6 Å². The third-order valence-corrected chi connectivity index (χ3v) is 6.39. The van der Waals surface area contributed by atoms with Gasteiger partial charge in [-0.1, -0.05) is 13.8 Å². The van der Waals surface area contributed by atoms with Gasteiger partial charge in [-0.25, -0.2) is 0 Å². The van der Waals surface area contributed by atoms with Gasteiger partial charge in [-0.05, 0) is 51.1 Å². The van der Waals surface area contributed by atoms with E-state index in [1.54, 1.807) is 0 Å². The highest BCUT2D eigenvalue weighted by atomic mass is 16.5. The van der Waals surface area contributed by atoms with Crippen molar-refractivity contribution < 1.29 is 9.53 Å². The van der Waals surface area contributed by atoms with Crippen molar-refractivity contribution in [2.75, 3.05) is 33.3 Å². The molecule has 0 aromatic carbocycles. The van der Waals surface area contributed by atoms with Crippen LogP contribution < -0.4 is 0 Å². The van der Waals surface area contributed by atoms with Crippen LogP contribution >= 0.6 is 0 Å². The molecule has 2 aliphatic rings. The SMILES string of the molecule is CC[C@@H]1C[C@@H](C(=O)N(C)C[C@@H]2CCCN(CC)[C@H]2c2cnn(C)c2)CCO1. The summed E-state index contributed by atoms with van der Waals surface area (Å²) in [5.74, 6) is 0.880. The second-order valence-corrected chi connectivity index (χ2v) is 8.26. The number of carbonyl (C=O) groups is 1. The Kier molecular flexibility index (Phi) is 6.93. The summed E-state index contributed by atoms with van der Waals surface area (Å²) in [4.78, 5) is 17.6. The van der Waals surface area contributed by atoms with E-state index in [9.17, 15) is 4.79 Å². The van der Waals surface area contributed by atoms with Crippen molar-refractivity contribution in [3.63, 3.8) is 0 Å². The average Bonchev–Trinajstić information content (AvgIpc) is 3.12. The summed E-state index contributed by atoms with van der Waals surface area (Å²) in [6, 6.07) is 0.353. The van der Waals surface area contributed by atoms with Gasteiger partial charge in [-0.3, -0.25) is 14.4 Å². The first-order valence-corrected chi connectivity index (χ1v) is 10.6. The number of ether oxygens (including phenoxy) is 1. The first-order valence-electron chi connectivity index (χ1n) is 10.6. The molecule has 27 heavy (non-hydrogen) atoms. The molecule has 0 N–H and O–H groups in total. The van der Waals surface area contributed by atoms with Gasteiger partial charge in [0.2, 0.25) is 5.91 Å². The molecule has 0 aliphatic carbocycles. The molecule has 3 heterocycles. The highest BCUT2D eigenvalue weighted by Gasteiger charge is 2.35. The Morgan fingerprint density at radius 3 is 2.85 bits per heavy atom. The molecule has 0 radical (unpaired) electrons. The Balaban J connectivity index is 1.68. The number of carbonyl (C=O) groups excluding carboxylic acids is 1. The number of likely N-dealkylation sites (tertiary alicyclic amines) is 1. The fourth-order valence-electron chi connectivity index (χ4n) is 4.92. The highest BCUT2D eigenvalue weighted by Crippen LogP contribution is 2.36. The van der Waals surface area contributed by atoms with Gasteiger partial charge >= 0.3 is 0 Å². The largest absolute Gasteiger partial charge is 0.378 e. The number of piperidine rings is 1. The summed E-state index contributed by atoms with van der Waals surface area (Å²) in [7, 11) is 3.96. The Bertz CT molecular complexity index is 617. The van der Waals surface area contributed by atoms with E-state index in [1.165, 1.54) is 18.4 Å². The van der Waals surface area contributed by atoms with Gasteiger partial charge in [0.1, 0.15) is 0 Å². The number of hydrogen-bond donors (Lipinski definition) is 0. The molecule has 0 saturated carbocycles. The molecule has 1 aromatic rings. The van der Waals surface area contributed by atoms with Crippen molar-refractivity contribution in [2.45, 2.75) is 58.1 Å². The van der Waals surface area contributed by atoms with Crippen LogP contribution in [0.4, 0.5) is 0 Å². The summed E-state index contributed by atoms with van der Waals surface area (Å²) < 4.78 is 7.64. The maximum absolute atomic E-state index is 13.1. The first kappa shape index (κ1) is 20.3. The molecule has 0 bridgehead atoms. The van der Waals surface area contributed by atoms with Crippen LogP contribution in [0.5, 0.6) is 0 Å². The van der Waals surface area contributed by atoms with Crippen molar-refractivity contribution in [1.29, 1.82) is 0 Å². The molecule has 6 nitrogen and oxygen atoms in total. The van der Waals surface area contributed by atoms with E-state index in [4.69, 9.17) is 4.74 Å². The third-order valence-electron chi connectivity index (χ3n) is 6.39. The number of aryl methyl sites for hydroxylation is 1. The molecule has 2 aliphatic heterocycles. The molecular weight excluding hydrogens is 340 g/mol. The number of aromatic nitrogens is 2. The molecule has 2 fully saturated rings. The predicted molar refractivity (Wildman–Crippen MR) is 106 cm³/mol. The lowest BCUT2D eigenvalue weighted by atomic mass is 9.85. The zero-order valence-corrected chi connectivity index (χ0v) is 17.4. The van der Waals surface area contributed by atoms with E-state index >= 15 is 0 Å². The topological polar surface area (TPSA) is 50.6 Å². The smallest absolute Gasteiger partial charge is 0.225 e. The van der Waals surface area contributed by atoms with Crippen LogP contribution in [0.2, 0.25) is 0 Å². The zero-order chi connectivity index (χ0) is 19.4. The second-order valence-electron chi connectivity index (χ2n) is 8.26. The van der Waals surface area contributed by atoms with E-state index in [2.05, 4.69) is 30.0 Å². The number of rotatable bonds is 6. The molecule has 152 valence electrons. The van der Waals surface area contributed by atoms with Crippen molar-refractivity contribution in [3.8, 4) is 0 Å². The number of amides is 1. The average molecular weight is 377 g/mol. The standard InChI is InChI=1S/C21H36N4O2/c1-5-19-12-16(9-11-27-19)21(26)23(3)14-17-8-7-10-25(6-2)20(17)18-13-22-24(4)15-18/h13,15-17,19-20H,5-12,14H2,1-4H3/t16-,17-,19+,20+/m0/s1. The summed E-state index contributed by atoms with van der Waals surface area (Å²) in [6.45, 7) is 8.07. The molecule has 3 rings (SSSR count). The summed E-state index contributed by atoms with van der Waals surface area (Å²) >= 11 is 0. The van der Waals surface area contributed by atoms with Crippen molar-refractivity contribution in [3.05, 3.63) is 18.0 Å². The lowest BCUT2D eigenvalue weighted by Gasteiger charge is -2.42. The van der Waals surface area contributed by atoms with Crippen LogP contribution in [0.15, 0.2) is 12.4 Å². The van der Waals surface area contributed by atoms with Crippen LogP contribution in [-0.4, -0.2) is 64.9 Å². The normalized spacial score (nSPS) is 29.6. The van der Waals surface area contributed by atoms with E-state index in [0.717, 1.165) is 38.9 Å². The zero-order valence-electron chi connectivity index (χ0n) is 17.4. The maximum atomic E-state index is 13.1. The van der Waals surface area contributed by atoms with Crippen molar-refractivity contribution in [2.24, 2.45) is 18.9 Å². The Hall–Kier alpha value is -1.40. The van der Waals surface area contributed by atoms with Gasteiger partial charge < -0.3 is 9.64 Å². The van der Waals surface area contributed by atoms with Crippen molar-refractivity contribution in [1.82, 2.24) is 19.6 Å². The molecular formula is C21H36N4O2. The number of nitrogens with zero attached hydrogens (tertiary/aromatic N) is 4.